The Bertz CT molecular complexity index is 664. The summed E-state index contributed by atoms with van der Waals surface area (Å²) in [6, 6.07) is 10.8. The van der Waals surface area contributed by atoms with E-state index in [4.69, 9.17) is 9.47 Å². The number of ether oxygens (including phenoxy) is 2. The van der Waals surface area contributed by atoms with Crippen molar-refractivity contribution < 1.29 is 18.8 Å². The monoisotopic (exact) mass is 289 g/mol. The molecule has 0 fully saturated rings. The van der Waals surface area contributed by atoms with Crippen LogP contribution in [-0.4, -0.2) is 17.6 Å². The second-order valence-corrected chi connectivity index (χ2v) is 4.73. The van der Waals surface area contributed by atoms with Gasteiger partial charge in [-0.05, 0) is 17.7 Å². The van der Waals surface area contributed by atoms with Crippen molar-refractivity contribution in [2.24, 2.45) is 0 Å². The standard InChI is InChI=1S/C15H12FNO4/c16-11-5-6-13(17(18)19)15(8-11)20-9-12-7-10-3-1-2-4-14(10)21-12/h1-6,8,12H,7,9H2. The van der Waals surface area contributed by atoms with E-state index in [1.165, 1.54) is 0 Å². The molecule has 0 amide bonds. The first-order chi connectivity index (χ1) is 10.1. The molecule has 1 unspecified atom stereocenters. The Labute approximate surface area is 120 Å². The molecule has 1 heterocycles. The van der Waals surface area contributed by atoms with E-state index in [9.17, 15) is 14.5 Å². The maximum atomic E-state index is 13.2. The van der Waals surface area contributed by atoms with Crippen LogP contribution >= 0.6 is 0 Å². The van der Waals surface area contributed by atoms with Gasteiger partial charge in [0.05, 0.1) is 4.92 Å². The van der Waals surface area contributed by atoms with Crippen molar-refractivity contribution in [1.82, 2.24) is 0 Å². The summed E-state index contributed by atoms with van der Waals surface area (Å²) < 4.78 is 24.3. The summed E-state index contributed by atoms with van der Waals surface area (Å²) >= 11 is 0. The molecule has 108 valence electrons. The Hall–Kier alpha value is -2.63. The molecule has 0 aliphatic carbocycles. The van der Waals surface area contributed by atoms with Crippen molar-refractivity contribution in [3.8, 4) is 11.5 Å². The third kappa shape index (κ3) is 2.79. The largest absolute Gasteiger partial charge is 0.486 e. The van der Waals surface area contributed by atoms with E-state index in [1.807, 2.05) is 24.3 Å². The number of para-hydroxylation sites is 1. The van der Waals surface area contributed by atoms with E-state index >= 15 is 0 Å². The predicted molar refractivity (Wildman–Crippen MR) is 73.1 cm³/mol. The quantitative estimate of drug-likeness (QED) is 0.641. The number of nitro benzene ring substituents is 1. The van der Waals surface area contributed by atoms with E-state index in [-0.39, 0.29) is 24.1 Å². The molecule has 2 aromatic carbocycles. The number of nitrogens with zero attached hydrogens (tertiary/aromatic N) is 1. The molecule has 0 bridgehead atoms. The van der Waals surface area contributed by atoms with Gasteiger partial charge in [0.25, 0.3) is 0 Å². The first-order valence-electron chi connectivity index (χ1n) is 6.45. The summed E-state index contributed by atoms with van der Waals surface area (Å²) in [7, 11) is 0. The van der Waals surface area contributed by atoms with E-state index in [1.54, 1.807) is 0 Å². The summed E-state index contributed by atoms with van der Waals surface area (Å²) in [6.07, 6.45) is 0.435. The third-order valence-electron chi connectivity index (χ3n) is 3.26. The Balaban J connectivity index is 1.69. The molecular formula is C15H12FNO4. The zero-order chi connectivity index (χ0) is 14.8. The normalized spacial score (nSPS) is 16.1. The van der Waals surface area contributed by atoms with Gasteiger partial charge in [-0.15, -0.1) is 0 Å². The Kier molecular flexibility index (Phi) is 3.43. The van der Waals surface area contributed by atoms with E-state index in [0.717, 1.165) is 29.5 Å². The third-order valence-corrected chi connectivity index (χ3v) is 3.26. The minimum absolute atomic E-state index is 0.0837. The Morgan fingerprint density at radius 1 is 1.33 bits per heavy atom. The highest BCUT2D eigenvalue weighted by Crippen LogP contribution is 2.31. The van der Waals surface area contributed by atoms with Crippen molar-refractivity contribution in [3.05, 3.63) is 64.0 Å². The van der Waals surface area contributed by atoms with Crippen LogP contribution in [-0.2, 0) is 6.42 Å². The highest BCUT2D eigenvalue weighted by Gasteiger charge is 2.24. The van der Waals surface area contributed by atoms with E-state index in [0.29, 0.717) is 6.42 Å². The van der Waals surface area contributed by atoms with E-state index < -0.39 is 10.7 Å². The van der Waals surface area contributed by atoms with Crippen LogP contribution in [0.1, 0.15) is 5.56 Å². The van der Waals surface area contributed by atoms with Gasteiger partial charge < -0.3 is 9.47 Å². The molecule has 0 saturated heterocycles. The summed E-state index contributed by atoms with van der Waals surface area (Å²) in [6.45, 7) is 0.124. The van der Waals surface area contributed by atoms with Gasteiger partial charge in [-0.1, -0.05) is 18.2 Å². The van der Waals surface area contributed by atoms with Gasteiger partial charge in [-0.25, -0.2) is 4.39 Å². The zero-order valence-electron chi connectivity index (χ0n) is 11.0. The van der Waals surface area contributed by atoms with Gasteiger partial charge in [0, 0.05) is 18.6 Å². The van der Waals surface area contributed by atoms with Gasteiger partial charge in [-0.2, -0.15) is 0 Å². The molecule has 1 aliphatic rings. The predicted octanol–water partition coefficient (Wildman–Crippen LogP) is 3.12. The maximum Gasteiger partial charge on any atom is 0.311 e. The van der Waals surface area contributed by atoms with Crippen LogP contribution in [0, 0.1) is 15.9 Å². The molecule has 0 N–H and O–H groups in total. The summed E-state index contributed by atoms with van der Waals surface area (Å²) in [4.78, 5) is 10.3. The SMILES string of the molecule is O=[N+]([O-])c1ccc(F)cc1OCC1Cc2ccccc2O1. The second kappa shape index (κ2) is 5.40. The summed E-state index contributed by atoms with van der Waals surface area (Å²) in [5, 5.41) is 10.9. The average Bonchev–Trinajstić information content (AvgIpc) is 2.87. The lowest BCUT2D eigenvalue weighted by atomic mass is 10.1. The van der Waals surface area contributed by atoms with Crippen molar-refractivity contribution >= 4 is 5.69 Å². The Morgan fingerprint density at radius 2 is 2.14 bits per heavy atom. The molecule has 2 aromatic rings. The van der Waals surface area contributed by atoms with Crippen LogP contribution < -0.4 is 9.47 Å². The van der Waals surface area contributed by atoms with Crippen LogP contribution in [0.3, 0.4) is 0 Å². The van der Waals surface area contributed by atoms with Crippen LogP contribution in [0.25, 0.3) is 0 Å². The number of rotatable bonds is 4. The molecule has 0 spiro atoms. The number of fused-ring (bicyclic) bond motifs is 1. The number of halogens is 1. The molecule has 0 radical (unpaired) electrons. The highest BCUT2D eigenvalue weighted by atomic mass is 19.1. The van der Waals surface area contributed by atoms with Crippen LogP contribution in [0.4, 0.5) is 10.1 Å². The summed E-state index contributed by atoms with van der Waals surface area (Å²) in [5.74, 6) is 0.130. The summed E-state index contributed by atoms with van der Waals surface area (Å²) in [5.41, 5.74) is 0.812. The van der Waals surface area contributed by atoms with Crippen molar-refractivity contribution in [1.29, 1.82) is 0 Å². The number of hydrogen-bond acceptors (Lipinski definition) is 4. The molecule has 1 atom stereocenters. The maximum absolute atomic E-state index is 13.2. The lowest BCUT2D eigenvalue weighted by molar-refractivity contribution is -0.386. The average molecular weight is 289 g/mol. The topological polar surface area (TPSA) is 61.6 Å². The molecule has 1 aliphatic heterocycles. The van der Waals surface area contributed by atoms with Gasteiger partial charge in [0.1, 0.15) is 24.3 Å². The molecule has 0 saturated carbocycles. The lowest BCUT2D eigenvalue weighted by Crippen LogP contribution is -2.22. The van der Waals surface area contributed by atoms with Crippen molar-refractivity contribution in [2.45, 2.75) is 12.5 Å². The molecule has 0 aromatic heterocycles. The first kappa shape index (κ1) is 13.4. The molecule has 5 nitrogen and oxygen atoms in total. The van der Waals surface area contributed by atoms with Gasteiger partial charge in [0.15, 0.2) is 5.75 Å². The van der Waals surface area contributed by atoms with Crippen LogP contribution in [0.2, 0.25) is 0 Å². The van der Waals surface area contributed by atoms with Gasteiger partial charge >= 0.3 is 5.69 Å². The van der Waals surface area contributed by atoms with Crippen molar-refractivity contribution in [3.63, 3.8) is 0 Å². The van der Waals surface area contributed by atoms with Crippen molar-refractivity contribution in [2.75, 3.05) is 6.61 Å². The zero-order valence-corrected chi connectivity index (χ0v) is 11.0. The number of hydrogen-bond donors (Lipinski definition) is 0. The molecular weight excluding hydrogens is 277 g/mol. The fraction of sp³-hybridized carbons (Fsp3) is 0.200. The van der Waals surface area contributed by atoms with Gasteiger partial charge in [0.2, 0.25) is 0 Å². The molecule has 3 rings (SSSR count). The van der Waals surface area contributed by atoms with Crippen LogP contribution in [0.5, 0.6) is 11.5 Å². The fourth-order valence-corrected chi connectivity index (χ4v) is 2.28. The second-order valence-electron chi connectivity index (χ2n) is 4.73. The minimum Gasteiger partial charge on any atom is -0.486 e. The lowest BCUT2D eigenvalue weighted by Gasteiger charge is -2.12. The smallest absolute Gasteiger partial charge is 0.311 e. The molecule has 21 heavy (non-hydrogen) atoms. The Morgan fingerprint density at radius 3 is 2.90 bits per heavy atom. The minimum atomic E-state index is -0.598. The van der Waals surface area contributed by atoms with Crippen LogP contribution in [0.15, 0.2) is 42.5 Å². The van der Waals surface area contributed by atoms with Gasteiger partial charge in [-0.3, -0.25) is 10.1 Å². The number of nitro groups is 1. The fourth-order valence-electron chi connectivity index (χ4n) is 2.28. The van der Waals surface area contributed by atoms with E-state index in [2.05, 4.69) is 0 Å². The number of benzene rings is 2. The highest BCUT2D eigenvalue weighted by molar-refractivity contribution is 5.46. The molecule has 6 heteroatoms. The first-order valence-corrected chi connectivity index (χ1v) is 6.45.